The molecule has 0 aromatic heterocycles. The van der Waals surface area contributed by atoms with E-state index in [2.05, 4.69) is 16.0 Å². The number of carbonyl (C=O) groups excluding carboxylic acids is 1. The van der Waals surface area contributed by atoms with Crippen molar-refractivity contribution < 1.29 is 18.0 Å². The fraction of sp³-hybridized carbons (Fsp3) is 0.316. The molecule has 0 spiro atoms. The fourth-order valence-electron chi connectivity index (χ4n) is 2.88. The summed E-state index contributed by atoms with van der Waals surface area (Å²) in [6, 6.07) is 12.9. The van der Waals surface area contributed by atoms with Gasteiger partial charge in [-0.3, -0.25) is 4.79 Å². The molecule has 2 aromatic carbocycles. The SMILES string of the molecule is Cl.O=C(Nc1cc(C(F)(F)F)ccc1NCc1ccccc1)C1CCNC1. The van der Waals surface area contributed by atoms with E-state index < -0.39 is 11.7 Å². The van der Waals surface area contributed by atoms with Gasteiger partial charge in [-0.2, -0.15) is 13.2 Å². The van der Waals surface area contributed by atoms with E-state index in [0.717, 1.165) is 24.2 Å². The van der Waals surface area contributed by atoms with Crippen molar-refractivity contribution in [2.75, 3.05) is 23.7 Å². The third-order valence-electron chi connectivity index (χ3n) is 4.36. The first-order valence-electron chi connectivity index (χ1n) is 8.44. The minimum atomic E-state index is -4.47. The third kappa shape index (κ3) is 5.61. The first-order valence-corrected chi connectivity index (χ1v) is 8.44. The van der Waals surface area contributed by atoms with Crippen LogP contribution in [0.2, 0.25) is 0 Å². The molecule has 8 heteroatoms. The highest BCUT2D eigenvalue weighted by molar-refractivity contribution is 5.96. The number of hydrogen-bond acceptors (Lipinski definition) is 3. The van der Waals surface area contributed by atoms with Crippen molar-refractivity contribution in [3.8, 4) is 0 Å². The van der Waals surface area contributed by atoms with Crippen LogP contribution in [0.1, 0.15) is 17.5 Å². The Kier molecular flexibility index (Phi) is 7.10. The minimum absolute atomic E-state index is 0. The Morgan fingerprint density at radius 2 is 1.85 bits per heavy atom. The van der Waals surface area contributed by atoms with Crippen LogP contribution in [0.4, 0.5) is 24.5 Å². The van der Waals surface area contributed by atoms with Gasteiger partial charge in [0.2, 0.25) is 5.91 Å². The number of anilines is 2. The lowest BCUT2D eigenvalue weighted by Crippen LogP contribution is -2.25. The van der Waals surface area contributed by atoms with Gasteiger partial charge < -0.3 is 16.0 Å². The Labute approximate surface area is 161 Å². The molecule has 1 heterocycles. The quantitative estimate of drug-likeness (QED) is 0.703. The normalized spacial score (nSPS) is 16.5. The van der Waals surface area contributed by atoms with Crippen molar-refractivity contribution in [2.45, 2.75) is 19.1 Å². The van der Waals surface area contributed by atoms with E-state index in [1.165, 1.54) is 6.07 Å². The molecule has 0 bridgehead atoms. The summed E-state index contributed by atoms with van der Waals surface area (Å²) in [6.45, 7) is 1.72. The first kappa shape index (κ1) is 21.1. The maximum Gasteiger partial charge on any atom is 0.416 e. The second-order valence-electron chi connectivity index (χ2n) is 6.28. The van der Waals surface area contributed by atoms with Gasteiger partial charge >= 0.3 is 6.18 Å². The van der Waals surface area contributed by atoms with Gasteiger partial charge in [-0.05, 0) is 36.7 Å². The summed E-state index contributed by atoms with van der Waals surface area (Å²) in [5.41, 5.74) is 0.807. The predicted octanol–water partition coefficient (Wildman–Crippen LogP) is 4.29. The standard InChI is InChI=1S/C19H20F3N3O.ClH/c20-19(21,22)15-6-7-16(24-11-13-4-2-1-3-5-13)17(10-15)25-18(26)14-8-9-23-12-14;/h1-7,10,14,23-24H,8-9,11-12H2,(H,25,26);1H. The molecule has 1 aliphatic rings. The predicted molar refractivity (Wildman–Crippen MR) is 102 cm³/mol. The number of rotatable bonds is 5. The molecule has 1 unspecified atom stereocenters. The summed E-state index contributed by atoms with van der Waals surface area (Å²) in [6.07, 6.45) is -3.79. The maximum atomic E-state index is 13.0. The van der Waals surface area contributed by atoms with Crippen molar-refractivity contribution in [3.05, 3.63) is 59.7 Å². The van der Waals surface area contributed by atoms with Gasteiger partial charge in [-0.15, -0.1) is 12.4 Å². The van der Waals surface area contributed by atoms with Crippen LogP contribution >= 0.6 is 12.4 Å². The Hall–Kier alpha value is -2.25. The molecule has 0 saturated carbocycles. The highest BCUT2D eigenvalue weighted by Gasteiger charge is 2.31. The number of carbonyl (C=O) groups is 1. The summed E-state index contributed by atoms with van der Waals surface area (Å²) in [5.74, 6) is -0.497. The van der Waals surface area contributed by atoms with Crippen molar-refractivity contribution in [3.63, 3.8) is 0 Å². The molecule has 1 amide bonds. The molecule has 1 aliphatic heterocycles. The van der Waals surface area contributed by atoms with Crippen LogP contribution in [0.5, 0.6) is 0 Å². The average Bonchev–Trinajstić information content (AvgIpc) is 3.15. The molecule has 1 fully saturated rings. The van der Waals surface area contributed by atoms with E-state index in [0.29, 0.717) is 25.2 Å². The van der Waals surface area contributed by atoms with Crippen LogP contribution in [-0.2, 0) is 17.5 Å². The van der Waals surface area contributed by atoms with Gasteiger partial charge in [-0.25, -0.2) is 0 Å². The third-order valence-corrected chi connectivity index (χ3v) is 4.36. The summed E-state index contributed by atoms with van der Waals surface area (Å²) < 4.78 is 39.1. The van der Waals surface area contributed by atoms with E-state index in [1.54, 1.807) is 0 Å². The van der Waals surface area contributed by atoms with Crippen LogP contribution < -0.4 is 16.0 Å². The summed E-state index contributed by atoms with van der Waals surface area (Å²) >= 11 is 0. The average molecular weight is 400 g/mol. The maximum absolute atomic E-state index is 13.0. The second kappa shape index (κ2) is 9.10. The Morgan fingerprint density at radius 3 is 2.48 bits per heavy atom. The molecular formula is C19H21ClF3N3O. The van der Waals surface area contributed by atoms with Crippen LogP contribution in [-0.4, -0.2) is 19.0 Å². The molecule has 0 aliphatic carbocycles. The number of hydrogen-bond donors (Lipinski definition) is 3. The van der Waals surface area contributed by atoms with Crippen LogP contribution in [0.25, 0.3) is 0 Å². The lowest BCUT2D eigenvalue weighted by Gasteiger charge is -2.17. The molecule has 3 rings (SSSR count). The topological polar surface area (TPSA) is 53.2 Å². The molecule has 3 N–H and O–H groups in total. The van der Waals surface area contributed by atoms with E-state index in [-0.39, 0.29) is 29.9 Å². The van der Waals surface area contributed by atoms with Gasteiger partial charge in [-0.1, -0.05) is 30.3 Å². The van der Waals surface area contributed by atoms with Crippen molar-refractivity contribution in [1.29, 1.82) is 0 Å². The fourth-order valence-corrected chi connectivity index (χ4v) is 2.88. The zero-order chi connectivity index (χ0) is 18.6. The number of amides is 1. The van der Waals surface area contributed by atoms with Gasteiger partial charge in [0.25, 0.3) is 0 Å². The summed E-state index contributed by atoms with van der Waals surface area (Å²) in [7, 11) is 0. The minimum Gasteiger partial charge on any atom is -0.379 e. The molecule has 1 atom stereocenters. The molecule has 1 saturated heterocycles. The van der Waals surface area contributed by atoms with Crippen molar-refractivity contribution in [1.82, 2.24) is 5.32 Å². The highest BCUT2D eigenvalue weighted by atomic mass is 35.5. The van der Waals surface area contributed by atoms with E-state index >= 15 is 0 Å². The van der Waals surface area contributed by atoms with Crippen LogP contribution in [0.15, 0.2) is 48.5 Å². The number of benzene rings is 2. The highest BCUT2D eigenvalue weighted by Crippen LogP contribution is 2.34. The number of halogens is 4. The first-order chi connectivity index (χ1) is 12.4. The monoisotopic (exact) mass is 399 g/mol. The van der Waals surface area contributed by atoms with E-state index in [9.17, 15) is 18.0 Å². The smallest absolute Gasteiger partial charge is 0.379 e. The Bertz CT molecular complexity index is 763. The molecule has 4 nitrogen and oxygen atoms in total. The van der Waals surface area contributed by atoms with Crippen molar-refractivity contribution in [2.24, 2.45) is 5.92 Å². The number of nitrogens with one attached hydrogen (secondary N) is 3. The van der Waals surface area contributed by atoms with Gasteiger partial charge in [0.05, 0.1) is 22.9 Å². The lowest BCUT2D eigenvalue weighted by atomic mass is 10.1. The second-order valence-corrected chi connectivity index (χ2v) is 6.28. The Balaban J connectivity index is 0.00000261. The zero-order valence-corrected chi connectivity index (χ0v) is 15.3. The molecule has 2 aromatic rings. The summed E-state index contributed by atoms with van der Waals surface area (Å²) in [5, 5.41) is 8.85. The van der Waals surface area contributed by atoms with E-state index in [4.69, 9.17) is 0 Å². The largest absolute Gasteiger partial charge is 0.416 e. The van der Waals surface area contributed by atoms with Gasteiger partial charge in [0, 0.05) is 13.1 Å². The Morgan fingerprint density at radius 1 is 1.11 bits per heavy atom. The van der Waals surface area contributed by atoms with Crippen molar-refractivity contribution >= 4 is 29.7 Å². The number of alkyl halides is 3. The van der Waals surface area contributed by atoms with Gasteiger partial charge in [0.1, 0.15) is 0 Å². The molecular weight excluding hydrogens is 379 g/mol. The zero-order valence-electron chi connectivity index (χ0n) is 14.5. The van der Waals surface area contributed by atoms with E-state index in [1.807, 2.05) is 30.3 Å². The molecule has 0 radical (unpaired) electrons. The molecule has 27 heavy (non-hydrogen) atoms. The van der Waals surface area contributed by atoms with Crippen LogP contribution in [0.3, 0.4) is 0 Å². The van der Waals surface area contributed by atoms with Crippen LogP contribution in [0, 0.1) is 5.92 Å². The molecule has 146 valence electrons. The van der Waals surface area contributed by atoms with Gasteiger partial charge in [0.15, 0.2) is 0 Å². The lowest BCUT2D eigenvalue weighted by molar-refractivity contribution is -0.137. The summed E-state index contributed by atoms with van der Waals surface area (Å²) in [4.78, 5) is 12.3.